The number of rotatable bonds is 15. The molecule has 3 nitrogen and oxygen atoms in total. The van der Waals surface area contributed by atoms with E-state index in [9.17, 15) is 4.79 Å². The van der Waals surface area contributed by atoms with Gasteiger partial charge in [-0.2, -0.15) is 0 Å². The van der Waals surface area contributed by atoms with Crippen molar-refractivity contribution in [2.24, 2.45) is 0 Å². The molecule has 3 heteroatoms. The third kappa shape index (κ3) is 15.4. The van der Waals surface area contributed by atoms with Gasteiger partial charge in [0, 0.05) is 0 Å². The van der Waals surface area contributed by atoms with Crippen molar-refractivity contribution in [3.63, 3.8) is 0 Å². The molecule has 0 amide bonds. The van der Waals surface area contributed by atoms with E-state index in [1.54, 1.807) is 0 Å². The highest BCUT2D eigenvalue weighted by Crippen LogP contribution is 2.11. The Morgan fingerprint density at radius 2 is 1.33 bits per heavy atom. The molecule has 0 saturated carbocycles. The Balaban J connectivity index is 3.14. The average molecular weight is 298 g/mol. The molecule has 0 aliphatic rings. The summed E-state index contributed by atoms with van der Waals surface area (Å²) < 4.78 is 0. The van der Waals surface area contributed by atoms with Crippen LogP contribution in [0.2, 0.25) is 0 Å². The summed E-state index contributed by atoms with van der Waals surface area (Å²) in [5.41, 5.74) is 0. The van der Waals surface area contributed by atoms with E-state index in [1.165, 1.54) is 57.8 Å². The quantitative estimate of drug-likeness (QED) is 0.327. The number of carboxylic acid groups (broad SMARTS) is 1. The zero-order valence-electron chi connectivity index (χ0n) is 13.7. The summed E-state index contributed by atoms with van der Waals surface area (Å²) in [4.78, 5) is 10.4. The average Bonchev–Trinajstić information content (AvgIpc) is 2.47. The second-order valence-corrected chi connectivity index (χ2v) is 5.87. The van der Waals surface area contributed by atoms with Crippen LogP contribution < -0.4 is 0 Å². The smallest absolute Gasteiger partial charge is 0.332 e. The van der Waals surface area contributed by atoms with Crippen molar-refractivity contribution in [2.45, 2.75) is 96.5 Å². The van der Waals surface area contributed by atoms with Gasteiger partial charge in [-0.1, -0.05) is 70.4 Å². The lowest BCUT2D eigenvalue weighted by Gasteiger charge is -2.04. The molecule has 0 radical (unpaired) electrons. The van der Waals surface area contributed by atoms with Gasteiger partial charge in [0.25, 0.3) is 0 Å². The zero-order valence-corrected chi connectivity index (χ0v) is 13.7. The van der Waals surface area contributed by atoms with Crippen LogP contribution in [0.5, 0.6) is 0 Å². The molecule has 0 aromatic carbocycles. The molecule has 0 aliphatic heterocycles. The van der Waals surface area contributed by atoms with Crippen LogP contribution in [0.15, 0.2) is 12.2 Å². The molecule has 0 heterocycles. The highest BCUT2D eigenvalue weighted by Gasteiger charge is 2.11. The molecule has 21 heavy (non-hydrogen) atoms. The standard InChI is InChI=1S/C18H34O3/c1-2-3-4-5-6-7-8-9-10-11-12-13-14-15-16-17(19)18(20)21/h6-7,17,19H,2-5,8-16H2,1H3,(H,20,21). The highest BCUT2D eigenvalue weighted by molar-refractivity contribution is 5.71. The van der Waals surface area contributed by atoms with Crippen LogP contribution in [-0.2, 0) is 4.79 Å². The van der Waals surface area contributed by atoms with E-state index in [2.05, 4.69) is 19.1 Å². The van der Waals surface area contributed by atoms with Gasteiger partial charge in [0.05, 0.1) is 0 Å². The van der Waals surface area contributed by atoms with Crippen LogP contribution in [0.25, 0.3) is 0 Å². The Labute approximate surface area is 130 Å². The van der Waals surface area contributed by atoms with Crippen LogP contribution in [-0.4, -0.2) is 22.3 Å². The molecule has 0 saturated heterocycles. The van der Waals surface area contributed by atoms with Crippen LogP contribution in [0.4, 0.5) is 0 Å². The number of aliphatic carboxylic acids is 1. The predicted molar refractivity (Wildman–Crippen MR) is 88.5 cm³/mol. The third-order valence-corrected chi connectivity index (χ3v) is 3.77. The van der Waals surface area contributed by atoms with Crippen molar-refractivity contribution < 1.29 is 15.0 Å². The van der Waals surface area contributed by atoms with Crippen molar-refractivity contribution in [1.29, 1.82) is 0 Å². The van der Waals surface area contributed by atoms with Gasteiger partial charge in [0.1, 0.15) is 0 Å². The molecule has 0 spiro atoms. The number of carbonyl (C=O) groups is 1. The van der Waals surface area contributed by atoms with Crippen LogP contribution in [0.1, 0.15) is 90.4 Å². The van der Waals surface area contributed by atoms with Crippen LogP contribution in [0.3, 0.4) is 0 Å². The van der Waals surface area contributed by atoms with Crippen LogP contribution >= 0.6 is 0 Å². The van der Waals surface area contributed by atoms with Crippen LogP contribution in [0, 0.1) is 0 Å². The van der Waals surface area contributed by atoms with E-state index in [-0.39, 0.29) is 0 Å². The summed E-state index contributed by atoms with van der Waals surface area (Å²) in [6, 6.07) is 0. The van der Waals surface area contributed by atoms with Gasteiger partial charge in [-0.15, -0.1) is 0 Å². The number of aliphatic hydroxyl groups excluding tert-OH is 1. The third-order valence-electron chi connectivity index (χ3n) is 3.77. The minimum Gasteiger partial charge on any atom is -0.479 e. The summed E-state index contributed by atoms with van der Waals surface area (Å²) in [5, 5.41) is 17.6. The zero-order chi connectivity index (χ0) is 15.8. The number of aliphatic hydroxyl groups is 1. The minimum atomic E-state index is -1.17. The van der Waals surface area contributed by atoms with Gasteiger partial charge in [-0.3, -0.25) is 0 Å². The molecule has 124 valence electrons. The molecule has 2 N–H and O–H groups in total. The molecule has 0 bridgehead atoms. The predicted octanol–water partition coefficient (Wildman–Crippen LogP) is 5.08. The summed E-state index contributed by atoms with van der Waals surface area (Å²) >= 11 is 0. The molecule has 0 aromatic rings. The number of allylic oxidation sites excluding steroid dienone is 2. The first kappa shape index (κ1) is 20.2. The van der Waals surface area contributed by atoms with Gasteiger partial charge < -0.3 is 10.2 Å². The first-order valence-electron chi connectivity index (χ1n) is 8.74. The van der Waals surface area contributed by atoms with E-state index < -0.39 is 12.1 Å². The lowest BCUT2D eigenvalue weighted by atomic mass is 10.1. The lowest BCUT2D eigenvalue weighted by molar-refractivity contribution is -0.146. The first-order chi connectivity index (χ1) is 10.2. The second kappa shape index (κ2) is 15.6. The van der Waals surface area contributed by atoms with Gasteiger partial charge in [-0.25, -0.2) is 4.79 Å². The Morgan fingerprint density at radius 3 is 1.86 bits per heavy atom. The molecule has 1 unspecified atom stereocenters. The molecular formula is C18H34O3. The maximum atomic E-state index is 10.4. The van der Waals surface area contributed by atoms with Gasteiger partial charge >= 0.3 is 5.97 Å². The topological polar surface area (TPSA) is 57.5 Å². The monoisotopic (exact) mass is 298 g/mol. The van der Waals surface area contributed by atoms with Crippen molar-refractivity contribution in [2.75, 3.05) is 0 Å². The molecule has 0 fully saturated rings. The van der Waals surface area contributed by atoms with Gasteiger partial charge in [0.15, 0.2) is 6.10 Å². The maximum Gasteiger partial charge on any atom is 0.332 e. The Bertz CT molecular complexity index is 261. The fraction of sp³-hybridized carbons (Fsp3) is 0.833. The first-order valence-corrected chi connectivity index (χ1v) is 8.74. The fourth-order valence-corrected chi connectivity index (χ4v) is 2.36. The lowest BCUT2D eigenvalue weighted by Crippen LogP contribution is -2.18. The summed E-state index contributed by atoms with van der Waals surface area (Å²) in [5.74, 6) is -1.10. The number of hydrogen-bond acceptors (Lipinski definition) is 2. The Kier molecular flexibility index (Phi) is 14.9. The van der Waals surface area contributed by atoms with Gasteiger partial charge in [0.2, 0.25) is 0 Å². The highest BCUT2D eigenvalue weighted by atomic mass is 16.4. The summed E-state index contributed by atoms with van der Waals surface area (Å²) in [6.07, 6.45) is 18.3. The molecule has 0 aromatic heterocycles. The molecule has 0 aliphatic carbocycles. The SMILES string of the molecule is CCCCCC=CCCCCCCCCCC(O)C(=O)O. The molecular weight excluding hydrogens is 264 g/mol. The molecule has 0 rings (SSSR count). The number of hydrogen-bond donors (Lipinski definition) is 2. The normalized spacial score (nSPS) is 12.9. The largest absolute Gasteiger partial charge is 0.479 e. The maximum absolute atomic E-state index is 10.4. The van der Waals surface area contributed by atoms with Crippen molar-refractivity contribution in [3.8, 4) is 0 Å². The number of unbranched alkanes of at least 4 members (excludes halogenated alkanes) is 10. The van der Waals surface area contributed by atoms with Crippen molar-refractivity contribution in [3.05, 3.63) is 12.2 Å². The fourth-order valence-electron chi connectivity index (χ4n) is 2.36. The van der Waals surface area contributed by atoms with E-state index >= 15 is 0 Å². The minimum absolute atomic E-state index is 0.387. The Hall–Kier alpha value is -0.830. The van der Waals surface area contributed by atoms with E-state index in [0.29, 0.717) is 6.42 Å². The van der Waals surface area contributed by atoms with Gasteiger partial charge in [-0.05, 0) is 32.1 Å². The summed E-state index contributed by atoms with van der Waals surface area (Å²) in [6.45, 7) is 2.23. The van der Waals surface area contributed by atoms with E-state index in [1.807, 2.05) is 0 Å². The van der Waals surface area contributed by atoms with E-state index in [4.69, 9.17) is 10.2 Å². The number of carboxylic acids is 1. The second-order valence-electron chi connectivity index (χ2n) is 5.87. The Morgan fingerprint density at radius 1 is 0.857 bits per heavy atom. The molecule has 1 atom stereocenters. The summed E-state index contributed by atoms with van der Waals surface area (Å²) in [7, 11) is 0. The van der Waals surface area contributed by atoms with E-state index in [0.717, 1.165) is 19.3 Å². The van der Waals surface area contributed by atoms with Crippen molar-refractivity contribution >= 4 is 5.97 Å². The van der Waals surface area contributed by atoms with Crippen molar-refractivity contribution in [1.82, 2.24) is 0 Å².